The smallest absolute Gasteiger partial charge is 0.306 e. The van der Waals surface area contributed by atoms with Crippen LogP contribution in [0.5, 0.6) is 5.75 Å². The summed E-state index contributed by atoms with van der Waals surface area (Å²) in [6.45, 7) is 9.25. The standard InChI is InChI=1S/C18H26O3/c1-5-21-16-9-8-14(18(2,3)4)10-13(16)7-6-12-11-15(12)17(19)20/h8-10,12,15H,5-7,11H2,1-4H3,(H,19,20). The van der Waals surface area contributed by atoms with Crippen LogP contribution in [-0.4, -0.2) is 17.7 Å². The van der Waals surface area contributed by atoms with Gasteiger partial charge in [0.15, 0.2) is 0 Å². The topological polar surface area (TPSA) is 46.5 Å². The maximum atomic E-state index is 10.9. The maximum Gasteiger partial charge on any atom is 0.306 e. The van der Waals surface area contributed by atoms with E-state index in [9.17, 15) is 4.79 Å². The molecule has 0 aromatic heterocycles. The molecule has 1 aliphatic carbocycles. The van der Waals surface area contributed by atoms with Gasteiger partial charge in [0.25, 0.3) is 0 Å². The molecule has 0 spiro atoms. The molecule has 2 atom stereocenters. The summed E-state index contributed by atoms with van der Waals surface area (Å²) >= 11 is 0. The Hall–Kier alpha value is -1.51. The van der Waals surface area contributed by atoms with E-state index in [1.807, 2.05) is 6.92 Å². The molecule has 1 fully saturated rings. The molecule has 21 heavy (non-hydrogen) atoms. The molecule has 0 amide bonds. The van der Waals surface area contributed by atoms with E-state index in [4.69, 9.17) is 9.84 Å². The third-order valence-electron chi connectivity index (χ3n) is 4.25. The van der Waals surface area contributed by atoms with Gasteiger partial charge in [0, 0.05) is 0 Å². The predicted molar refractivity (Wildman–Crippen MR) is 83.9 cm³/mol. The molecule has 0 aliphatic heterocycles. The van der Waals surface area contributed by atoms with E-state index in [1.165, 1.54) is 11.1 Å². The molecule has 1 aliphatic rings. The van der Waals surface area contributed by atoms with Crippen LogP contribution in [0.2, 0.25) is 0 Å². The van der Waals surface area contributed by atoms with Gasteiger partial charge in [0.2, 0.25) is 0 Å². The summed E-state index contributed by atoms with van der Waals surface area (Å²) in [7, 11) is 0. The molecule has 0 heterocycles. The zero-order chi connectivity index (χ0) is 15.6. The van der Waals surface area contributed by atoms with Crippen LogP contribution in [0.15, 0.2) is 18.2 Å². The predicted octanol–water partition coefficient (Wildman–Crippen LogP) is 4.04. The fraction of sp³-hybridized carbons (Fsp3) is 0.611. The summed E-state index contributed by atoms with van der Waals surface area (Å²) in [6.07, 6.45) is 2.66. The average molecular weight is 290 g/mol. The Labute approximate surface area is 127 Å². The molecule has 3 heteroatoms. The van der Waals surface area contributed by atoms with Crippen LogP contribution in [0.25, 0.3) is 0 Å². The fourth-order valence-corrected chi connectivity index (χ4v) is 2.75. The van der Waals surface area contributed by atoms with Crippen molar-refractivity contribution in [2.75, 3.05) is 6.61 Å². The first-order valence-corrected chi connectivity index (χ1v) is 7.82. The van der Waals surface area contributed by atoms with Crippen LogP contribution < -0.4 is 4.74 Å². The number of carboxylic acids is 1. The summed E-state index contributed by atoms with van der Waals surface area (Å²) in [5.41, 5.74) is 2.62. The minimum Gasteiger partial charge on any atom is -0.494 e. The van der Waals surface area contributed by atoms with Gasteiger partial charge < -0.3 is 9.84 Å². The summed E-state index contributed by atoms with van der Waals surface area (Å²) in [5.74, 6) is 0.521. The van der Waals surface area contributed by atoms with Crippen LogP contribution in [0.1, 0.15) is 51.7 Å². The van der Waals surface area contributed by atoms with Crippen LogP contribution in [0.4, 0.5) is 0 Å². The van der Waals surface area contributed by atoms with E-state index in [0.29, 0.717) is 12.5 Å². The van der Waals surface area contributed by atoms with Gasteiger partial charge in [-0.15, -0.1) is 0 Å². The number of rotatable bonds is 6. The quantitative estimate of drug-likeness (QED) is 0.860. The van der Waals surface area contributed by atoms with Crippen LogP contribution in [0, 0.1) is 11.8 Å². The van der Waals surface area contributed by atoms with Crippen molar-refractivity contribution >= 4 is 5.97 Å². The minimum absolute atomic E-state index is 0.114. The van der Waals surface area contributed by atoms with Gasteiger partial charge in [0.1, 0.15) is 5.75 Å². The van der Waals surface area contributed by atoms with E-state index >= 15 is 0 Å². The summed E-state index contributed by atoms with van der Waals surface area (Å²) < 4.78 is 5.72. The molecule has 2 rings (SSSR count). The zero-order valence-electron chi connectivity index (χ0n) is 13.5. The Morgan fingerprint density at radius 2 is 2.10 bits per heavy atom. The molecule has 3 nitrogen and oxygen atoms in total. The first-order valence-electron chi connectivity index (χ1n) is 7.82. The lowest BCUT2D eigenvalue weighted by Gasteiger charge is -2.21. The fourth-order valence-electron chi connectivity index (χ4n) is 2.75. The molecule has 0 saturated heterocycles. The number of hydrogen-bond acceptors (Lipinski definition) is 2. The van der Waals surface area contributed by atoms with E-state index in [1.54, 1.807) is 0 Å². The molecular weight excluding hydrogens is 264 g/mol. The van der Waals surface area contributed by atoms with Crippen LogP contribution in [-0.2, 0) is 16.6 Å². The van der Waals surface area contributed by atoms with Crippen molar-refractivity contribution in [2.45, 2.75) is 52.4 Å². The molecular formula is C18H26O3. The highest BCUT2D eigenvalue weighted by atomic mass is 16.5. The molecule has 2 unspecified atom stereocenters. The third-order valence-corrected chi connectivity index (χ3v) is 4.25. The second kappa shape index (κ2) is 6.08. The van der Waals surface area contributed by atoms with Crippen LogP contribution >= 0.6 is 0 Å². The zero-order valence-corrected chi connectivity index (χ0v) is 13.5. The Kier molecular flexibility index (Phi) is 4.60. The monoisotopic (exact) mass is 290 g/mol. The Bertz CT molecular complexity index is 514. The SMILES string of the molecule is CCOc1ccc(C(C)(C)C)cc1CCC1CC1C(=O)O. The third kappa shape index (κ3) is 3.99. The lowest BCUT2D eigenvalue weighted by atomic mass is 9.85. The summed E-state index contributed by atoms with van der Waals surface area (Å²) in [4.78, 5) is 10.9. The summed E-state index contributed by atoms with van der Waals surface area (Å²) in [5, 5.41) is 8.99. The molecule has 1 N–H and O–H groups in total. The van der Waals surface area contributed by atoms with Crippen molar-refractivity contribution in [3.05, 3.63) is 29.3 Å². The molecule has 116 valence electrons. The normalized spacial score (nSPS) is 21.1. The van der Waals surface area contributed by atoms with Crippen molar-refractivity contribution in [1.82, 2.24) is 0 Å². The number of carbonyl (C=O) groups is 1. The van der Waals surface area contributed by atoms with E-state index in [-0.39, 0.29) is 11.3 Å². The van der Waals surface area contributed by atoms with Gasteiger partial charge in [0.05, 0.1) is 12.5 Å². The van der Waals surface area contributed by atoms with E-state index in [2.05, 4.69) is 39.0 Å². The number of benzene rings is 1. The summed E-state index contributed by atoms with van der Waals surface area (Å²) in [6, 6.07) is 6.41. The number of hydrogen-bond donors (Lipinski definition) is 1. The first-order chi connectivity index (χ1) is 9.82. The van der Waals surface area contributed by atoms with Crippen molar-refractivity contribution in [1.29, 1.82) is 0 Å². The van der Waals surface area contributed by atoms with E-state index < -0.39 is 5.97 Å². The molecule has 1 saturated carbocycles. The molecule has 1 aromatic carbocycles. The largest absolute Gasteiger partial charge is 0.494 e. The average Bonchev–Trinajstić information content (AvgIpc) is 3.16. The lowest BCUT2D eigenvalue weighted by molar-refractivity contribution is -0.138. The van der Waals surface area contributed by atoms with Crippen molar-refractivity contribution < 1.29 is 14.6 Å². The van der Waals surface area contributed by atoms with Crippen molar-refractivity contribution in [3.63, 3.8) is 0 Å². The number of aryl methyl sites for hydroxylation is 1. The Morgan fingerprint density at radius 3 is 2.62 bits per heavy atom. The highest BCUT2D eigenvalue weighted by molar-refractivity contribution is 5.73. The number of carboxylic acid groups (broad SMARTS) is 1. The van der Waals surface area contributed by atoms with Gasteiger partial charge in [-0.3, -0.25) is 4.79 Å². The highest BCUT2D eigenvalue weighted by Gasteiger charge is 2.42. The van der Waals surface area contributed by atoms with Gasteiger partial charge in [-0.25, -0.2) is 0 Å². The molecule has 0 bridgehead atoms. The van der Waals surface area contributed by atoms with Crippen LogP contribution in [0.3, 0.4) is 0 Å². The van der Waals surface area contributed by atoms with Gasteiger partial charge >= 0.3 is 5.97 Å². The minimum atomic E-state index is -0.645. The second-order valence-electron chi connectivity index (χ2n) is 6.98. The number of aliphatic carboxylic acids is 1. The Balaban J connectivity index is 2.09. The first kappa shape index (κ1) is 15.9. The Morgan fingerprint density at radius 1 is 1.38 bits per heavy atom. The molecule has 0 radical (unpaired) electrons. The van der Waals surface area contributed by atoms with E-state index in [0.717, 1.165) is 25.0 Å². The lowest BCUT2D eigenvalue weighted by Crippen LogP contribution is -2.12. The van der Waals surface area contributed by atoms with Gasteiger partial charge in [-0.1, -0.05) is 32.9 Å². The van der Waals surface area contributed by atoms with Gasteiger partial charge in [-0.2, -0.15) is 0 Å². The highest BCUT2D eigenvalue weighted by Crippen LogP contribution is 2.42. The second-order valence-corrected chi connectivity index (χ2v) is 6.98. The maximum absolute atomic E-state index is 10.9. The van der Waals surface area contributed by atoms with Crippen molar-refractivity contribution in [3.8, 4) is 5.75 Å². The van der Waals surface area contributed by atoms with Gasteiger partial charge in [-0.05, 0) is 54.7 Å². The van der Waals surface area contributed by atoms with Crippen molar-refractivity contribution in [2.24, 2.45) is 11.8 Å². The number of ether oxygens (including phenoxy) is 1. The molecule has 1 aromatic rings.